The van der Waals surface area contributed by atoms with E-state index in [-0.39, 0.29) is 0 Å². The van der Waals surface area contributed by atoms with Gasteiger partial charge in [0.1, 0.15) is 0 Å². The Kier molecular flexibility index (Phi) is 5.20. The lowest BCUT2D eigenvalue weighted by Gasteiger charge is -2.10. The monoisotopic (exact) mass is 223 g/mol. The highest BCUT2D eigenvalue weighted by Gasteiger charge is 2.02. The van der Waals surface area contributed by atoms with Crippen LogP contribution in [0.4, 0.5) is 0 Å². The van der Waals surface area contributed by atoms with Crippen molar-refractivity contribution >= 4 is 11.8 Å². The molecule has 15 heavy (non-hydrogen) atoms. The van der Waals surface area contributed by atoms with E-state index in [1.165, 1.54) is 16.7 Å². The Bertz CT molecular complexity index is 289. The number of aryl methyl sites for hydroxylation is 2. The van der Waals surface area contributed by atoms with Crippen molar-refractivity contribution in [3.05, 3.63) is 34.9 Å². The minimum atomic E-state index is 0.663. The molecule has 0 heterocycles. The second-order valence-electron chi connectivity index (χ2n) is 4.19. The third kappa shape index (κ3) is 4.72. The average Bonchev–Trinajstić information content (AvgIpc) is 2.14. The van der Waals surface area contributed by atoms with Crippen LogP contribution < -0.4 is 5.73 Å². The molecule has 1 atom stereocenters. The van der Waals surface area contributed by atoms with Gasteiger partial charge in [-0.2, -0.15) is 11.8 Å². The van der Waals surface area contributed by atoms with Crippen molar-refractivity contribution in [1.82, 2.24) is 0 Å². The highest BCUT2D eigenvalue weighted by Crippen LogP contribution is 2.21. The minimum absolute atomic E-state index is 0.663. The van der Waals surface area contributed by atoms with Gasteiger partial charge in [-0.15, -0.1) is 0 Å². The van der Waals surface area contributed by atoms with Gasteiger partial charge in [0, 0.05) is 11.0 Å². The molecule has 84 valence electrons. The zero-order valence-corrected chi connectivity index (χ0v) is 10.7. The van der Waals surface area contributed by atoms with E-state index in [0.29, 0.717) is 5.25 Å². The molecule has 0 bridgehead atoms. The Balaban J connectivity index is 2.50. The van der Waals surface area contributed by atoms with Gasteiger partial charge in [-0.25, -0.2) is 0 Å². The number of benzene rings is 1. The van der Waals surface area contributed by atoms with Crippen LogP contribution in [0.5, 0.6) is 0 Å². The number of hydrogen-bond donors (Lipinski definition) is 1. The highest BCUT2D eigenvalue weighted by atomic mass is 32.2. The Labute approximate surface area is 97.4 Å². The van der Waals surface area contributed by atoms with E-state index in [1.807, 2.05) is 11.8 Å². The molecule has 0 saturated heterocycles. The van der Waals surface area contributed by atoms with E-state index in [2.05, 4.69) is 39.0 Å². The summed E-state index contributed by atoms with van der Waals surface area (Å²) < 4.78 is 0. The van der Waals surface area contributed by atoms with Crippen LogP contribution in [0.2, 0.25) is 0 Å². The molecule has 0 radical (unpaired) electrons. The zero-order chi connectivity index (χ0) is 11.3. The first-order valence-corrected chi connectivity index (χ1v) is 6.55. The molecule has 1 aromatic rings. The van der Waals surface area contributed by atoms with Gasteiger partial charge in [0.05, 0.1) is 0 Å². The van der Waals surface area contributed by atoms with E-state index in [0.717, 1.165) is 18.7 Å². The van der Waals surface area contributed by atoms with Gasteiger partial charge in [-0.1, -0.05) is 36.2 Å². The smallest absolute Gasteiger partial charge is 0.0187 e. The Morgan fingerprint density at radius 2 is 1.80 bits per heavy atom. The molecule has 0 spiro atoms. The second-order valence-corrected chi connectivity index (χ2v) is 5.62. The molecular formula is C13H21NS. The lowest BCUT2D eigenvalue weighted by Crippen LogP contribution is -2.07. The second kappa shape index (κ2) is 6.19. The van der Waals surface area contributed by atoms with E-state index in [4.69, 9.17) is 5.73 Å². The van der Waals surface area contributed by atoms with Gasteiger partial charge in [0.2, 0.25) is 0 Å². The predicted molar refractivity (Wildman–Crippen MR) is 70.3 cm³/mol. The zero-order valence-electron chi connectivity index (χ0n) is 9.92. The van der Waals surface area contributed by atoms with Crippen molar-refractivity contribution < 1.29 is 0 Å². The third-order valence-electron chi connectivity index (χ3n) is 2.39. The van der Waals surface area contributed by atoms with Crippen LogP contribution in [-0.4, -0.2) is 11.8 Å². The van der Waals surface area contributed by atoms with Gasteiger partial charge < -0.3 is 5.73 Å². The fourth-order valence-corrected chi connectivity index (χ4v) is 2.66. The molecule has 0 aromatic heterocycles. The number of nitrogens with two attached hydrogens (primary N) is 1. The predicted octanol–water partition coefficient (Wildman–Crippen LogP) is 3.27. The summed E-state index contributed by atoms with van der Waals surface area (Å²) in [4.78, 5) is 0. The maximum atomic E-state index is 5.53. The molecular weight excluding hydrogens is 202 g/mol. The SMILES string of the molecule is Cc1cc(C)cc(CSC(C)CCN)c1. The topological polar surface area (TPSA) is 26.0 Å². The molecule has 0 amide bonds. The van der Waals surface area contributed by atoms with Crippen molar-refractivity contribution in [3.8, 4) is 0 Å². The standard InChI is InChI=1S/C13H21NS/c1-10-6-11(2)8-13(7-10)9-15-12(3)4-5-14/h6-8,12H,4-5,9,14H2,1-3H3. The Morgan fingerprint density at radius 1 is 1.20 bits per heavy atom. The first kappa shape index (κ1) is 12.6. The average molecular weight is 223 g/mol. The van der Waals surface area contributed by atoms with Crippen molar-refractivity contribution in [3.63, 3.8) is 0 Å². The fraction of sp³-hybridized carbons (Fsp3) is 0.538. The van der Waals surface area contributed by atoms with Crippen LogP contribution in [0.1, 0.15) is 30.0 Å². The van der Waals surface area contributed by atoms with Crippen LogP contribution in [0.25, 0.3) is 0 Å². The van der Waals surface area contributed by atoms with Crippen LogP contribution in [0.3, 0.4) is 0 Å². The summed E-state index contributed by atoms with van der Waals surface area (Å²) in [7, 11) is 0. The molecule has 1 aromatic carbocycles. The van der Waals surface area contributed by atoms with E-state index >= 15 is 0 Å². The highest BCUT2D eigenvalue weighted by molar-refractivity contribution is 7.99. The molecule has 0 fully saturated rings. The van der Waals surface area contributed by atoms with Crippen LogP contribution in [-0.2, 0) is 5.75 Å². The number of hydrogen-bond acceptors (Lipinski definition) is 2. The molecule has 1 nitrogen and oxygen atoms in total. The van der Waals surface area contributed by atoms with E-state index in [1.54, 1.807) is 0 Å². The molecule has 1 rings (SSSR count). The summed E-state index contributed by atoms with van der Waals surface area (Å²) in [6.07, 6.45) is 1.11. The summed E-state index contributed by atoms with van der Waals surface area (Å²) in [6.45, 7) is 7.36. The summed E-state index contributed by atoms with van der Waals surface area (Å²) in [5.41, 5.74) is 9.68. The van der Waals surface area contributed by atoms with Crippen molar-refractivity contribution in [1.29, 1.82) is 0 Å². The molecule has 0 aliphatic carbocycles. The quantitative estimate of drug-likeness (QED) is 0.829. The number of rotatable bonds is 5. The molecule has 2 N–H and O–H groups in total. The van der Waals surface area contributed by atoms with Crippen LogP contribution in [0, 0.1) is 13.8 Å². The van der Waals surface area contributed by atoms with Crippen molar-refractivity contribution in [2.24, 2.45) is 5.73 Å². The van der Waals surface area contributed by atoms with Crippen LogP contribution in [0.15, 0.2) is 18.2 Å². The van der Waals surface area contributed by atoms with Crippen molar-refractivity contribution in [2.75, 3.05) is 6.54 Å². The van der Waals surface area contributed by atoms with Crippen molar-refractivity contribution in [2.45, 2.75) is 38.2 Å². The summed E-state index contributed by atoms with van der Waals surface area (Å²) in [6, 6.07) is 6.77. The van der Waals surface area contributed by atoms with E-state index in [9.17, 15) is 0 Å². The first-order valence-electron chi connectivity index (χ1n) is 5.50. The maximum absolute atomic E-state index is 5.53. The Hall–Kier alpha value is -0.470. The molecule has 2 heteroatoms. The van der Waals surface area contributed by atoms with Gasteiger partial charge in [0.25, 0.3) is 0 Å². The van der Waals surface area contributed by atoms with Gasteiger partial charge in [-0.3, -0.25) is 0 Å². The van der Waals surface area contributed by atoms with Crippen LogP contribution >= 0.6 is 11.8 Å². The van der Waals surface area contributed by atoms with Gasteiger partial charge in [0.15, 0.2) is 0 Å². The normalized spacial score (nSPS) is 12.8. The lowest BCUT2D eigenvalue weighted by atomic mass is 10.1. The largest absolute Gasteiger partial charge is 0.330 e. The minimum Gasteiger partial charge on any atom is -0.330 e. The first-order chi connectivity index (χ1) is 7.11. The summed E-state index contributed by atoms with van der Waals surface area (Å²) >= 11 is 1.99. The summed E-state index contributed by atoms with van der Waals surface area (Å²) in [5, 5.41) is 0.663. The molecule has 0 aliphatic heterocycles. The van der Waals surface area contributed by atoms with Gasteiger partial charge >= 0.3 is 0 Å². The molecule has 0 saturated carbocycles. The number of thioether (sulfide) groups is 1. The van der Waals surface area contributed by atoms with E-state index < -0.39 is 0 Å². The maximum Gasteiger partial charge on any atom is 0.0187 e. The lowest BCUT2D eigenvalue weighted by molar-refractivity contribution is 0.823. The summed E-state index contributed by atoms with van der Waals surface area (Å²) in [5.74, 6) is 1.10. The molecule has 1 unspecified atom stereocenters. The fourth-order valence-electron chi connectivity index (χ4n) is 1.71. The molecule has 0 aliphatic rings. The Morgan fingerprint density at radius 3 is 2.33 bits per heavy atom. The third-order valence-corrected chi connectivity index (χ3v) is 3.69. The van der Waals surface area contributed by atoms with Gasteiger partial charge in [-0.05, 0) is 32.4 Å².